The van der Waals surface area contributed by atoms with E-state index in [0.717, 1.165) is 42.7 Å². The van der Waals surface area contributed by atoms with Gasteiger partial charge in [0.05, 0.1) is 21.4 Å². The van der Waals surface area contributed by atoms with E-state index in [1.54, 1.807) is 16.7 Å². The Labute approximate surface area is 200 Å². The lowest BCUT2D eigenvalue weighted by Gasteiger charge is -2.15. The van der Waals surface area contributed by atoms with Crippen molar-refractivity contribution in [1.82, 2.24) is 9.88 Å². The van der Waals surface area contributed by atoms with Crippen molar-refractivity contribution in [3.05, 3.63) is 81.1 Å². The van der Waals surface area contributed by atoms with E-state index in [1.807, 2.05) is 36.5 Å². The smallest absolute Gasteiger partial charge is 0.265 e. The third-order valence-electron chi connectivity index (χ3n) is 5.63. The minimum Gasteiger partial charge on any atom is -0.494 e. The Bertz CT molecular complexity index is 1360. The minimum atomic E-state index is -0.224. The molecule has 4 aromatic rings. The maximum atomic E-state index is 12.6. The third kappa shape index (κ3) is 4.74. The van der Waals surface area contributed by atoms with Crippen LogP contribution in [-0.4, -0.2) is 34.5 Å². The highest BCUT2D eigenvalue weighted by atomic mass is 35.5. The number of halogens is 1. The molecule has 0 fully saturated rings. The average Bonchev–Trinajstić information content (AvgIpc) is 3.39. The largest absolute Gasteiger partial charge is 0.494 e. The number of rotatable bonds is 6. The summed E-state index contributed by atoms with van der Waals surface area (Å²) in [4.78, 5) is 17.7. The maximum absolute atomic E-state index is 12.6. The molecule has 0 radical (unpaired) electrons. The summed E-state index contributed by atoms with van der Waals surface area (Å²) < 4.78 is 2.37. The first-order valence-electron chi connectivity index (χ1n) is 10.8. The van der Waals surface area contributed by atoms with Gasteiger partial charge in [-0.15, -0.1) is 11.3 Å². The van der Waals surface area contributed by atoms with Crippen LogP contribution in [0.25, 0.3) is 10.8 Å². The summed E-state index contributed by atoms with van der Waals surface area (Å²) in [6.45, 7) is 2.37. The van der Waals surface area contributed by atoms with Gasteiger partial charge in [-0.05, 0) is 41.8 Å². The monoisotopic (exact) mass is 478 g/mol. The van der Waals surface area contributed by atoms with Crippen LogP contribution < -0.4 is 10.6 Å². The van der Waals surface area contributed by atoms with Gasteiger partial charge in [-0.2, -0.15) is 0 Å². The second kappa shape index (κ2) is 9.29. The van der Waals surface area contributed by atoms with Crippen LogP contribution in [0.4, 0.5) is 5.69 Å². The first-order chi connectivity index (χ1) is 16.1. The van der Waals surface area contributed by atoms with E-state index in [4.69, 9.17) is 11.6 Å². The van der Waals surface area contributed by atoms with E-state index in [9.17, 15) is 9.90 Å². The van der Waals surface area contributed by atoms with Crippen LogP contribution in [0.3, 0.4) is 0 Å². The molecule has 3 heterocycles. The van der Waals surface area contributed by atoms with Crippen LogP contribution in [0.2, 0.25) is 4.34 Å². The first kappa shape index (κ1) is 21.6. The topological polar surface area (TPSA) is 78.7 Å². The molecule has 2 aromatic carbocycles. The Morgan fingerprint density at radius 3 is 2.79 bits per heavy atom. The molecule has 1 aliphatic rings. The number of anilines is 1. The van der Waals surface area contributed by atoms with E-state index in [2.05, 4.69) is 27.8 Å². The number of benzene rings is 2. The number of carbonyl (C=O) groups is 1. The van der Waals surface area contributed by atoms with Crippen LogP contribution in [-0.2, 0) is 13.0 Å². The molecule has 1 aliphatic heterocycles. The summed E-state index contributed by atoms with van der Waals surface area (Å²) in [5, 5.41) is 18.6. The van der Waals surface area contributed by atoms with Gasteiger partial charge in [0.1, 0.15) is 5.84 Å². The number of carbonyl (C=O) groups excluding carboxylic acids is 1. The van der Waals surface area contributed by atoms with Gasteiger partial charge in [0.2, 0.25) is 0 Å². The SMILES string of the molecule is O=C(Nc1cccc2c(O)n(Cc3cccc(CC4=NCCCN4)c3)cc12)c1ccc(Cl)s1. The van der Waals surface area contributed by atoms with Gasteiger partial charge in [-0.3, -0.25) is 9.79 Å². The molecule has 1 amide bonds. The highest BCUT2D eigenvalue weighted by Crippen LogP contribution is 2.33. The third-order valence-corrected chi connectivity index (χ3v) is 6.86. The highest BCUT2D eigenvalue weighted by molar-refractivity contribution is 7.18. The van der Waals surface area contributed by atoms with E-state index in [0.29, 0.717) is 26.8 Å². The second-order valence-electron chi connectivity index (χ2n) is 8.01. The first-order valence-corrected chi connectivity index (χ1v) is 12.0. The van der Waals surface area contributed by atoms with Gasteiger partial charge in [0, 0.05) is 36.5 Å². The van der Waals surface area contributed by atoms with Gasteiger partial charge >= 0.3 is 0 Å². The fourth-order valence-electron chi connectivity index (χ4n) is 4.05. The zero-order chi connectivity index (χ0) is 22.8. The zero-order valence-electron chi connectivity index (χ0n) is 17.8. The lowest BCUT2D eigenvalue weighted by molar-refractivity contribution is 0.103. The van der Waals surface area contributed by atoms with Crippen LogP contribution >= 0.6 is 22.9 Å². The number of aromatic nitrogens is 1. The van der Waals surface area contributed by atoms with Gasteiger partial charge in [0.25, 0.3) is 5.91 Å². The molecule has 0 spiro atoms. The number of amidine groups is 1. The summed E-state index contributed by atoms with van der Waals surface area (Å²) in [6.07, 6.45) is 3.73. The Kier molecular flexibility index (Phi) is 6.07. The number of amides is 1. The average molecular weight is 479 g/mol. The minimum absolute atomic E-state index is 0.170. The van der Waals surface area contributed by atoms with E-state index in [1.165, 1.54) is 16.9 Å². The summed E-state index contributed by atoms with van der Waals surface area (Å²) in [5.74, 6) is 0.975. The Hall–Kier alpha value is -3.29. The molecule has 0 saturated carbocycles. The van der Waals surface area contributed by atoms with E-state index >= 15 is 0 Å². The standard InChI is InChI=1S/C25H23ClN4O2S/c26-22-9-8-21(33-22)24(31)29-20-7-2-6-18-19(20)15-30(25(18)32)14-17-5-1-4-16(12-17)13-23-27-10-3-11-28-23/h1-2,4-9,12,15,32H,3,10-11,13-14H2,(H,27,28)(H,29,31). The molecule has 33 heavy (non-hydrogen) atoms. The Balaban J connectivity index is 1.38. The van der Waals surface area contributed by atoms with Gasteiger partial charge < -0.3 is 20.3 Å². The van der Waals surface area contributed by atoms with Crippen molar-refractivity contribution in [3.63, 3.8) is 0 Å². The number of nitrogens with one attached hydrogen (secondary N) is 2. The quantitative estimate of drug-likeness (QED) is 0.352. The summed E-state index contributed by atoms with van der Waals surface area (Å²) >= 11 is 7.19. The predicted molar refractivity (Wildman–Crippen MR) is 135 cm³/mol. The molecular formula is C25H23ClN4O2S. The van der Waals surface area contributed by atoms with Crippen molar-refractivity contribution >= 4 is 51.1 Å². The molecule has 0 aliphatic carbocycles. The summed E-state index contributed by atoms with van der Waals surface area (Å²) in [5.41, 5.74) is 2.91. The molecule has 2 aromatic heterocycles. The lowest BCUT2D eigenvalue weighted by Crippen LogP contribution is -2.30. The van der Waals surface area contributed by atoms with Crippen molar-refractivity contribution < 1.29 is 9.90 Å². The Morgan fingerprint density at radius 2 is 2.00 bits per heavy atom. The molecule has 3 N–H and O–H groups in total. The molecule has 0 bridgehead atoms. The molecule has 5 rings (SSSR count). The van der Waals surface area contributed by atoms with Crippen LogP contribution in [0, 0.1) is 0 Å². The fourth-order valence-corrected chi connectivity index (χ4v) is 4.99. The number of nitrogens with zero attached hydrogens (tertiary/aromatic N) is 2. The van der Waals surface area contributed by atoms with Gasteiger partial charge in [0.15, 0.2) is 5.88 Å². The number of fused-ring (bicyclic) bond motifs is 1. The lowest BCUT2D eigenvalue weighted by atomic mass is 10.1. The predicted octanol–water partition coefficient (Wildman–Crippen LogP) is 5.30. The van der Waals surface area contributed by atoms with Crippen molar-refractivity contribution in [2.75, 3.05) is 18.4 Å². The van der Waals surface area contributed by atoms with Crippen LogP contribution in [0.15, 0.2) is 65.8 Å². The van der Waals surface area contributed by atoms with Crippen molar-refractivity contribution in [1.29, 1.82) is 0 Å². The Morgan fingerprint density at radius 1 is 1.15 bits per heavy atom. The number of aromatic hydroxyl groups is 1. The number of hydrogen-bond donors (Lipinski definition) is 3. The molecular weight excluding hydrogens is 456 g/mol. The zero-order valence-corrected chi connectivity index (χ0v) is 19.4. The number of hydrogen-bond acceptors (Lipinski definition) is 5. The highest BCUT2D eigenvalue weighted by Gasteiger charge is 2.15. The van der Waals surface area contributed by atoms with Crippen molar-refractivity contribution in [2.24, 2.45) is 4.99 Å². The molecule has 0 atom stereocenters. The number of thiophene rings is 1. The second-order valence-corrected chi connectivity index (χ2v) is 9.73. The van der Waals surface area contributed by atoms with Crippen LogP contribution in [0.1, 0.15) is 27.2 Å². The molecule has 8 heteroatoms. The molecule has 0 saturated heterocycles. The van der Waals surface area contributed by atoms with E-state index in [-0.39, 0.29) is 11.8 Å². The van der Waals surface area contributed by atoms with E-state index < -0.39 is 0 Å². The van der Waals surface area contributed by atoms with Crippen molar-refractivity contribution in [3.8, 4) is 5.88 Å². The van der Waals surface area contributed by atoms with Gasteiger partial charge in [-0.1, -0.05) is 41.9 Å². The summed E-state index contributed by atoms with van der Waals surface area (Å²) in [6, 6.07) is 17.2. The normalized spacial score (nSPS) is 13.5. The fraction of sp³-hybridized carbons (Fsp3) is 0.200. The molecule has 6 nitrogen and oxygen atoms in total. The molecule has 0 unspecified atom stereocenters. The number of aliphatic imine (C=N–C) groups is 1. The summed E-state index contributed by atoms with van der Waals surface area (Å²) in [7, 11) is 0. The molecule has 168 valence electrons. The van der Waals surface area contributed by atoms with Crippen LogP contribution in [0.5, 0.6) is 5.88 Å². The van der Waals surface area contributed by atoms with Crippen molar-refractivity contribution in [2.45, 2.75) is 19.4 Å². The van der Waals surface area contributed by atoms with Gasteiger partial charge in [-0.25, -0.2) is 0 Å². The maximum Gasteiger partial charge on any atom is 0.265 e.